The quantitative estimate of drug-likeness (QED) is 0.518. The molecule has 1 aliphatic rings. The van der Waals surface area contributed by atoms with Gasteiger partial charge in [0, 0.05) is 17.4 Å². The van der Waals surface area contributed by atoms with E-state index in [1.807, 2.05) is 11.8 Å². The Bertz CT molecular complexity index is 116. The molecule has 1 nitrogen and oxygen atoms in total. The first-order valence-corrected chi connectivity index (χ1v) is 3.74. The molecule has 1 fully saturated rings. The summed E-state index contributed by atoms with van der Waals surface area (Å²) in [5, 5.41) is 0. The van der Waals surface area contributed by atoms with E-state index in [1.54, 1.807) is 0 Å². The van der Waals surface area contributed by atoms with Crippen LogP contribution in [0.3, 0.4) is 0 Å². The summed E-state index contributed by atoms with van der Waals surface area (Å²) in [6.45, 7) is 3.40. The van der Waals surface area contributed by atoms with E-state index in [0.717, 1.165) is 11.5 Å². The lowest BCUT2D eigenvalue weighted by atomic mass is 10.1. The molecule has 1 rings (SSSR count). The number of carbonyl (C=O) groups is 1. The summed E-state index contributed by atoms with van der Waals surface area (Å²) in [6.07, 6.45) is 1.42. The summed E-state index contributed by atoms with van der Waals surface area (Å²) in [5.74, 6) is 2.52. The Balaban J connectivity index is 2.34. The second-order valence-corrected chi connectivity index (χ2v) is 2.92. The first kappa shape index (κ1) is 5.89. The third-order valence-electron chi connectivity index (χ3n) is 1.24. The van der Waals surface area contributed by atoms with Crippen molar-refractivity contribution in [3.8, 4) is 0 Å². The number of hydrogen-bond donors (Lipinski definition) is 0. The molecule has 0 aromatic carbocycles. The fourth-order valence-electron chi connectivity index (χ4n) is 0.567. The van der Waals surface area contributed by atoms with E-state index in [9.17, 15) is 4.79 Å². The highest BCUT2D eigenvalue weighted by Crippen LogP contribution is 2.25. The van der Waals surface area contributed by atoms with Gasteiger partial charge in [0.15, 0.2) is 5.78 Å². The number of allylic oxidation sites excluding steroid dienone is 1. The third kappa shape index (κ3) is 0.944. The molecular weight excluding hydrogens is 120 g/mol. The van der Waals surface area contributed by atoms with Crippen molar-refractivity contribution in [1.82, 2.24) is 0 Å². The first-order valence-electron chi connectivity index (χ1n) is 2.58. The SMILES string of the molecule is C=CC(=O)C1CSC1. The Morgan fingerprint density at radius 2 is 2.38 bits per heavy atom. The highest BCUT2D eigenvalue weighted by molar-refractivity contribution is 8.00. The Morgan fingerprint density at radius 3 is 2.50 bits per heavy atom. The van der Waals surface area contributed by atoms with Crippen molar-refractivity contribution in [1.29, 1.82) is 0 Å². The van der Waals surface area contributed by atoms with Crippen LogP contribution < -0.4 is 0 Å². The second-order valence-electron chi connectivity index (χ2n) is 1.84. The van der Waals surface area contributed by atoms with Crippen molar-refractivity contribution < 1.29 is 4.79 Å². The normalized spacial score (nSPS) is 19.5. The molecule has 0 atom stereocenters. The maximum Gasteiger partial charge on any atom is 0.159 e. The number of ketones is 1. The van der Waals surface area contributed by atoms with Gasteiger partial charge in [0.1, 0.15) is 0 Å². The Hall–Kier alpha value is -0.240. The molecule has 0 bridgehead atoms. The molecular formula is C6H8OS. The highest BCUT2D eigenvalue weighted by atomic mass is 32.2. The predicted molar refractivity (Wildman–Crippen MR) is 36.0 cm³/mol. The summed E-state index contributed by atoms with van der Waals surface area (Å²) >= 11 is 1.82. The molecule has 0 aromatic rings. The van der Waals surface area contributed by atoms with Crippen LogP contribution in [0.15, 0.2) is 12.7 Å². The standard InChI is InChI=1S/C6H8OS/c1-2-6(7)5-3-8-4-5/h2,5H,1,3-4H2. The van der Waals surface area contributed by atoms with Crippen LogP contribution in [-0.4, -0.2) is 17.3 Å². The van der Waals surface area contributed by atoms with E-state index < -0.39 is 0 Å². The van der Waals surface area contributed by atoms with Crippen molar-refractivity contribution in [3.05, 3.63) is 12.7 Å². The molecule has 0 radical (unpaired) electrons. The predicted octanol–water partition coefficient (Wildman–Crippen LogP) is 1.10. The van der Waals surface area contributed by atoms with Crippen LogP contribution in [0.25, 0.3) is 0 Å². The summed E-state index contributed by atoms with van der Waals surface area (Å²) in [4.78, 5) is 10.7. The zero-order chi connectivity index (χ0) is 5.98. The second kappa shape index (κ2) is 2.35. The van der Waals surface area contributed by atoms with Gasteiger partial charge in [-0.05, 0) is 6.08 Å². The van der Waals surface area contributed by atoms with Crippen LogP contribution in [0.1, 0.15) is 0 Å². The van der Waals surface area contributed by atoms with Gasteiger partial charge in [-0.15, -0.1) is 0 Å². The Labute approximate surface area is 53.2 Å². The van der Waals surface area contributed by atoms with Crippen LogP contribution >= 0.6 is 11.8 Å². The first-order chi connectivity index (χ1) is 3.84. The van der Waals surface area contributed by atoms with Crippen LogP contribution in [0, 0.1) is 5.92 Å². The molecule has 2 heteroatoms. The van der Waals surface area contributed by atoms with Crippen molar-refractivity contribution in [2.24, 2.45) is 5.92 Å². The zero-order valence-electron chi connectivity index (χ0n) is 4.59. The average Bonchev–Trinajstić information content (AvgIpc) is 1.62. The van der Waals surface area contributed by atoms with Crippen LogP contribution in [0.2, 0.25) is 0 Å². The van der Waals surface area contributed by atoms with E-state index in [4.69, 9.17) is 0 Å². The van der Waals surface area contributed by atoms with Gasteiger partial charge >= 0.3 is 0 Å². The lowest BCUT2D eigenvalue weighted by Gasteiger charge is -2.21. The molecule has 1 aliphatic heterocycles. The molecule has 1 heterocycles. The van der Waals surface area contributed by atoms with E-state index in [-0.39, 0.29) is 5.78 Å². The van der Waals surface area contributed by atoms with E-state index in [0.29, 0.717) is 5.92 Å². The van der Waals surface area contributed by atoms with Gasteiger partial charge < -0.3 is 0 Å². The van der Waals surface area contributed by atoms with Gasteiger partial charge in [0.25, 0.3) is 0 Å². The summed E-state index contributed by atoms with van der Waals surface area (Å²) in [6, 6.07) is 0. The molecule has 1 saturated heterocycles. The third-order valence-corrected chi connectivity index (χ3v) is 2.52. The maximum absolute atomic E-state index is 10.7. The summed E-state index contributed by atoms with van der Waals surface area (Å²) in [7, 11) is 0. The van der Waals surface area contributed by atoms with Gasteiger partial charge in [-0.1, -0.05) is 6.58 Å². The molecule has 0 N–H and O–H groups in total. The fraction of sp³-hybridized carbons (Fsp3) is 0.500. The molecule has 0 unspecified atom stereocenters. The van der Waals surface area contributed by atoms with Gasteiger partial charge in [-0.2, -0.15) is 11.8 Å². The van der Waals surface area contributed by atoms with E-state index in [1.165, 1.54) is 6.08 Å². The molecule has 0 aromatic heterocycles. The Kier molecular flexibility index (Phi) is 1.73. The maximum atomic E-state index is 10.7. The number of carbonyl (C=O) groups excluding carboxylic acids is 1. The average molecular weight is 128 g/mol. The molecule has 8 heavy (non-hydrogen) atoms. The van der Waals surface area contributed by atoms with Crippen LogP contribution in [0.5, 0.6) is 0 Å². The number of thioether (sulfide) groups is 1. The highest BCUT2D eigenvalue weighted by Gasteiger charge is 2.22. The van der Waals surface area contributed by atoms with Gasteiger partial charge in [0.2, 0.25) is 0 Å². The van der Waals surface area contributed by atoms with Crippen molar-refractivity contribution >= 4 is 17.5 Å². The fourth-order valence-corrected chi connectivity index (χ4v) is 1.37. The topological polar surface area (TPSA) is 17.1 Å². The van der Waals surface area contributed by atoms with Gasteiger partial charge in [-0.25, -0.2) is 0 Å². The minimum atomic E-state index is 0.212. The van der Waals surface area contributed by atoms with Crippen LogP contribution in [0.4, 0.5) is 0 Å². The minimum absolute atomic E-state index is 0.212. The summed E-state index contributed by atoms with van der Waals surface area (Å²) in [5.41, 5.74) is 0. The zero-order valence-corrected chi connectivity index (χ0v) is 5.41. The van der Waals surface area contributed by atoms with E-state index in [2.05, 4.69) is 6.58 Å². The number of hydrogen-bond acceptors (Lipinski definition) is 2. The monoisotopic (exact) mass is 128 g/mol. The van der Waals surface area contributed by atoms with Gasteiger partial charge in [-0.3, -0.25) is 4.79 Å². The smallest absolute Gasteiger partial charge is 0.159 e. The molecule has 0 amide bonds. The van der Waals surface area contributed by atoms with Crippen molar-refractivity contribution in [2.45, 2.75) is 0 Å². The molecule has 0 aliphatic carbocycles. The molecule has 44 valence electrons. The largest absolute Gasteiger partial charge is 0.295 e. The molecule has 0 spiro atoms. The minimum Gasteiger partial charge on any atom is -0.295 e. The lowest BCUT2D eigenvalue weighted by Crippen LogP contribution is -2.25. The number of rotatable bonds is 2. The Morgan fingerprint density at radius 1 is 1.75 bits per heavy atom. The summed E-state index contributed by atoms with van der Waals surface area (Å²) < 4.78 is 0. The van der Waals surface area contributed by atoms with Crippen molar-refractivity contribution in [2.75, 3.05) is 11.5 Å². The van der Waals surface area contributed by atoms with Crippen LogP contribution in [-0.2, 0) is 4.79 Å². The van der Waals surface area contributed by atoms with Gasteiger partial charge in [0.05, 0.1) is 0 Å². The lowest BCUT2D eigenvalue weighted by molar-refractivity contribution is -0.117. The van der Waals surface area contributed by atoms with E-state index >= 15 is 0 Å². The van der Waals surface area contributed by atoms with Crippen molar-refractivity contribution in [3.63, 3.8) is 0 Å². The molecule has 0 saturated carbocycles.